The van der Waals surface area contributed by atoms with E-state index in [4.69, 9.17) is 9.84 Å². The van der Waals surface area contributed by atoms with Crippen molar-refractivity contribution in [2.24, 2.45) is 0 Å². The predicted molar refractivity (Wildman–Crippen MR) is 70.1 cm³/mol. The van der Waals surface area contributed by atoms with Crippen molar-refractivity contribution in [2.75, 3.05) is 33.4 Å². The Morgan fingerprint density at radius 1 is 1.60 bits per heavy atom. The number of carbonyl (C=O) groups is 3. The minimum absolute atomic E-state index is 0.000574. The molecule has 0 aliphatic carbocycles. The van der Waals surface area contributed by atoms with Crippen LogP contribution in [0, 0.1) is 0 Å². The van der Waals surface area contributed by atoms with Crippen molar-refractivity contribution in [3.05, 3.63) is 0 Å². The monoisotopic (exact) mass is 287 g/mol. The van der Waals surface area contributed by atoms with E-state index in [2.05, 4.69) is 10.6 Å². The Kier molecular flexibility index (Phi) is 6.40. The van der Waals surface area contributed by atoms with Crippen molar-refractivity contribution in [3.8, 4) is 0 Å². The minimum atomic E-state index is -1.06. The fourth-order valence-electron chi connectivity index (χ4n) is 2.14. The van der Waals surface area contributed by atoms with Crippen LogP contribution in [0.3, 0.4) is 0 Å². The normalized spacial score (nSPS) is 21.1. The van der Waals surface area contributed by atoms with E-state index in [1.807, 2.05) is 0 Å². The molecule has 2 unspecified atom stereocenters. The van der Waals surface area contributed by atoms with E-state index in [0.29, 0.717) is 19.7 Å². The topological polar surface area (TPSA) is 108 Å². The van der Waals surface area contributed by atoms with Crippen molar-refractivity contribution in [2.45, 2.75) is 25.4 Å². The summed E-state index contributed by atoms with van der Waals surface area (Å²) in [6.07, 6.45) is -0.313. The number of amides is 2. The maximum Gasteiger partial charge on any atom is 0.305 e. The number of hydrogen-bond acceptors (Lipinski definition) is 5. The van der Waals surface area contributed by atoms with E-state index in [-0.39, 0.29) is 30.8 Å². The van der Waals surface area contributed by atoms with Crippen LogP contribution in [0.2, 0.25) is 0 Å². The molecule has 114 valence electrons. The Bertz CT molecular complexity index is 374. The quantitative estimate of drug-likeness (QED) is 0.521. The molecule has 0 radical (unpaired) electrons. The van der Waals surface area contributed by atoms with Crippen LogP contribution in [-0.4, -0.2) is 73.2 Å². The maximum atomic E-state index is 11.8. The standard InChI is InChI=1S/C12H21N3O5/c1-8(7-20-2)14-10(16)6-15-4-3-13-12(19)9(15)5-11(17)18/h8-9H,3-7H2,1-2H3,(H,13,19)(H,14,16)(H,17,18). The predicted octanol–water partition coefficient (Wildman–Crippen LogP) is -1.59. The molecule has 0 aromatic rings. The van der Waals surface area contributed by atoms with Gasteiger partial charge < -0.3 is 20.5 Å². The fraction of sp³-hybridized carbons (Fsp3) is 0.750. The van der Waals surface area contributed by atoms with Crippen LogP contribution in [0.15, 0.2) is 0 Å². The zero-order valence-corrected chi connectivity index (χ0v) is 11.7. The van der Waals surface area contributed by atoms with Crippen LogP contribution < -0.4 is 10.6 Å². The third-order valence-electron chi connectivity index (χ3n) is 2.98. The Hall–Kier alpha value is -1.67. The first kappa shape index (κ1) is 16.4. The van der Waals surface area contributed by atoms with E-state index in [9.17, 15) is 14.4 Å². The zero-order chi connectivity index (χ0) is 15.1. The third kappa shape index (κ3) is 5.14. The van der Waals surface area contributed by atoms with Crippen LogP contribution in [0.5, 0.6) is 0 Å². The van der Waals surface area contributed by atoms with Crippen molar-refractivity contribution < 1.29 is 24.2 Å². The Balaban J connectivity index is 2.55. The smallest absolute Gasteiger partial charge is 0.305 e. The van der Waals surface area contributed by atoms with Gasteiger partial charge in [-0.15, -0.1) is 0 Å². The lowest BCUT2D eigenvalue weighted by Crippen LogP contribution is -2.58. The molecule has 0 bridgehead atoms. The van der Waals surface area contributed by atoms with Crippen LogP contribution in [0.4, 0.5) is 0 Å². The summed E-state index contributed by atoms with van der Waals surface area (Å²) < 4.78 is 4.92. The first-order valence-corrected chi connectivity index (χ1v) is 6.46. The van der Waals surface area contributed by atoms with E-state index in [0.717, 1.165) is 0 Å². The van der Waals surface area contributed by atoms with E-state index in [1.165, 1.54) is 0 Å². The van der Waals surface area contributed by atoms with Crippen molar-refractivity contribution >= 4 is 17.8 Å². The minimum Gasteiger partial charge on any atom is -0.481 e. The van der Waals surface area contributed by atoms with Gasteiger partial charge in [0.2, 0.25) is 11.8 Å². The van der Waals surface area contributed by atoms with Gasteiger partial charge in [0.1, 0.15) is 6.04 Å². The largest absolute Gasteiger partial charge is 0.481 e. The molecule has 2 amide bonds. The summed E-state index contributed by atoms with van der Waals surface area (Å²) in [6, 6.07) is -0.936. The number of ether oxygens (including phenoxy) is 1. The molecule has 0 aromatic carbocycles. The lowest BCUT2D eigenvalue weighted by molar-refractivity contribution is -0.144. The number of aliphatic carboxylic acids is 1. The first-order valence-electron chi connectivity index (χ1n) is 6.46. The average molecular weight is 287 g/mol. The van der Waals surface area contributed by atoms with Gasteiger partial charge in [-0.3, -0.25) is 19.3 Å². The highest BCUT2D eigenvalue weighted by atomic mass is 16.5. The summed E-state index contributed by atoms with van der Waals surface area (Å²) in [5, 5.41) is 14.2. The molecule has 1 aliphatic rings. The highest BCUT2D eigenvalue weighted by Gasteiger charge is 2.32. The summed E-state index contributed by atoms with van der Waals surface area (Å²) in [4.78, 5) is 35.9. The molecule has 1 aliphatic heterocycles. The van der Waals surface area contributed by atoms with Crippen molar-refractivity contribution in [3.63, 3.8) is 0 Å². The van der Waals surface area contributed by atoms with Gasteiger partial charge in [0.15, 0.2) is 0 Å². The maximum absolute atomic E-state index is 11.8. The van der Waals surface area contributed by atoms with Crippen LogP contribution in [-0.2, 0) is 19.1 Å². The number of carboxylic acid groups (broad SMARTS) is 1. The number of rotatable bonds is 7. The summed E-state index contributed by atoms with van der Waals surface area (Å²) in [7, 11) is 1.54. The summed E-state index contributed by atoms with van der Waals surface area (Å²) >= 11 is 0. The zero-order valence-electron chi connectivity index (χ0n) is 11.7. The fourth-order valence-corrected chi connectivity index (χ4v) is 2.14. The average Bonchev–Trinajstić information content (AvgIpc) is 2.33. The highest BCUT2D eigenvalue weighted by Crippen LogP contribution is 2.08. The van der Waals surface area contributed by atoms with Gasteiger partial charge in [0, 0.05) is 26.2 Å². The second-order valence-corrected chi connectivity index (χ2v) is 4.80. The number of methoxy groups -OCH3 is 1. The Morgan fingerprint density at radius 2 is 2.30 bits per heavy atom. The summed E-state index contributed by atoms with van der Waals surface area (Å²) in [5.74, 6) is -1.67. The van der Waals surface area contributed by atoms with E-state index >= 15 is 0 Å². The summed E-state index contributed by atoms with van der Waals surface area (Å²) in [5.41, 5.74) is 0. The number of carboxylic acids is 1. The molecule has 20 heavy (non-hydrogen) atoms. The number of hydrogen-bond donors (Lipinski definition) is 3. The molecular formula is C12H21N3O5. The lowest BCUT2D eigenvalue weighted by atomic mass is 10.1. The van der Waals surface area contributed by atoms with Crippen LogP contribution in [0.1, 0.15) is 13.3 Å². The second-order valence-electron chi connectivity index (χ2n) is 4.80. The van der Waals surface area contributed by atoms with Gasteiger partial charge in [-0.1, -0.05) is 0 Å². The van der Waals surface area contributed by atoms with Crippen LogP contribution in [0.25, 0.3) is 0 Å². The molecule has 1 saturated heterocycles. The molecule has 0 spiro atoms. The SMILES string of the molecule is COCC(C)NC(=O)CN1CCNC(=O)C1CC(=O)O. The van der Waals surface area contributed by atoms with E-state index < -0.39 is 12.0 Å². The number of piperazine rings is 1. The molecule has 1 rings (SSSR count). The Labute approximate surface area is 117 Å². The molecule has 1 fully saturated rings. The molecule has 8 heteroatoms. The van der Waals surface area contributed by atoms with Crippen molar-refractivity contribution in [1.29, 1.82) is 0 Å². The van der Waals surface area contributed by atoms with Crippen LogP contribution >= 0.6 is 0 Å². The van der Waals surface area contributed by atoms with Gasteiger partial charge in [0.25, 0.3) is 0 Å². The second kappa shape index (κ2) is 7.81. The van der Waals surface area contributed by atoms with Gasteiger partial charge >= 0.3 is 5.97 Å². The number of nitrogens with zero attached hydrogens (tertiary/aromatic N) is 1. The highest BCUT2D eigenvalue weighted by molar-refractivity contribution is 5.87. The molecule has 0 aromatic heterocycles. The molecule has 8 nitrogen and oxygen atoms in total. The molecule has 0 saturated carbocycles. The van der Waals surface area contributed by atoms with Gasteiger partial charge in [-0.05, 0) is 6.92 Å². The summed E-state index contributed by atoms with van der Waals surface area (Å²) in [6.45, 7) is 3.06. The number of carbonyl (C=O) groups excluding carboxylic acids is 2. The Morgan fingerprint density at radius 3 is 2.90 bits per heavy atom. The number of nitrogens with one attached hydrogen (secondary N) is 2. The van der Waals surface area contributed by atoms with Gasteiger partial charge in [-0.25, -0.2) is 0 Å². The van der Waals surface area contributed by atoms with E-state index in [1.54, 1.807) is 18.9 Å². The molecule has 2 atom stereocenters. The third-order valence-corrected chi connectivity index (χ3v) is 2.98. The molecule has 3 N–H and O–H groups in total. The molecular weight excluding hydrogens is 266 g/mol. The molecule has 1 heterocycles. The van der Waals surface area contributed by atoms with Crippen molar-refractivity contribution in [1.82, 2.24) is 15.5 Å². The lowest BCUT2D eigenvalue weighted by Gasteiger charge is -2.33. The van der Waals surface area contributed by atoms with Gasteiger partial charge in [0.05, 0.1) is 19.6 Å². The van der Waals surface area contributed by atoms with Gasteiger partial charge in [-0.2, -0.15) is 0 Å². The first-order chi connectivity index (χ1) is 9.43.